The number of Topliss-reactive ketones (excluding diaryl/α,β-unsaturated/α-hetero) is 1. The van der Waals surface area contributed by atoms with E-state index in [-0.39, 0.29) is 5.41 Å². The van der Waals surface area contributed by atoms with Crippen LogP contribution in [0.3, 0.4) is 0 Å². The Bertz CT molecular complexity index is 583. The van der Waals surface area contributed by atoms with Crippen molar-refractivity contribution in [3.8, 4) is 0 Å². The van der Waals surface area contributed by atoms with Crippen LogP contribution in [0.2, 0.25) is 0 Å². The quantitative estimate of drug-likeness (QED) is 0.537. The molecule has 0 aromatic rings. The molecule has 0 N–H and O–H groups in total. The second-order valence-corrected chi connectivity index (χ2v) is 8.13. The highest BCUT2D eigenvalue weighted by Gasteiger charge is 2.55. The third-order valence-electron chi connectivity index (χ3n) is 6.93. The zero-order chi connectivity index (χ0) is 16.8. The van der Waals surface area contributed by atoms with E-state index in [0.717, 1.165) is 32.1 Å². The van der Waals surface area contributed by atoms with Gasteiger partial charge in [-0.2, -0.15) is 0 Å². The standard InChI is InChI=1S/C21H30O2/c1-13-12-14(2)20-17(16(13)7-6-15(3)23-5)10-11-21(4)18(20)8-9-19(21)22/h6-7,14,17-18,20H,3,8-12H2,1-2,4-5H3/b7-6-/t14-,17-,18?,20-,21+/m1/s1. The molecule has 0 saturated heterocycles. The Morgan fingerprint density at radius 3 is 2.83 bits per heavy atom. The van der Waals surface area contributed by atoms with Gasteiger partial charge < -0.3 is 4.74 Å². The maximum absolute atomic E-state index is 12.5. The molecule has 23 heavy (non-hydrogen) atoms. The van der Waals surface area contributed by atoms with Crippen molar-refractivity contribution >= 4 is 5.78 Å². The second kappa shape index (κ2) is 5.96. The molecule has 1 unspecified atom stereocenters. The summed E-state index contributed by atoms with van der Waals surface area (Å²) in [6.07, 6.45) is 9.47. The van der Waals surface area contributed by atoms with E-state index in [9.17, 15) is 4.79 Å². The Kier molecular flexibility index (Phi) is 4.29. The molecular formula is C21H30O2. The molecule has 0 aromatic heterocycles. The molecular weight excluding hydrogens is 284 g/mol. The summed E-state index contributed by atoms with van der Waals surface area (Å²) in [6, 6.07) is 0. The van der Waals surface area contributed by atoms with Crippen LogP contribution in [-0.4, -0.2) is 12.9 Å². The molecule has 0 spiro atoms. The first kappa shape index (κ1) is 16.5. The lowest BCUT2D eigenvalue weighted by Gasteiger charge is -2.51. The summed E-state index contributed by atoms with van der Waals surface area (Å²) < 4.78 is 5.18. The molecule has 3 aliphatic carbocycles. The van der Waals surface area contributed by atoms with Crippen LogP contribution in [0.1, 0.15) is 52.9 Å². The van der Waals surface area contributed by atoms with E-state index in [0.29, 0.717) is 35.2 Å². The van der Waals surface area contributed by atoms with Crippen LogP contribution in [0.25, 0.3) is 0 Å². The van der Waals surface area contributed by atoms with E-state index in [4.69, 9.17) is 4.74 Å². The normalized spacial score (nSPS) is 40.3. The van der Waals surface area contributed by atoms with Crippen molar-refractivity contribution in [2.75, 3.05) is 7.11 Å². The average Bonchev–Trinajstić information content (AvgIpc) is 2.82. The number of fused-ring (bicyclic) bond motifs is 3. The summed E-state index contributed by atoms with van der Waals surface area (Å²) >= 11 is 0. The lowest BCUT2D eigenvalue weighted by molar-refractivity contribution is -0.130. The first-order valence-electron chi connectivity index (χ1n) is 9.02. The number of ketones is 1. The number of carbonyl (C=O) groups excluding carboxylic acids is 1. The Morgan fingerprint density at radius 1 is 1.39 bits per heavy atom. The van der Waals surface area contributed by atoms with Gasteiger partial charge in [0.15, 0.2) is 0 Å². The van der Waals surface area contributed by atoms with Crippen molar-refractivity contribution in [1.29, 1.82) is 0 Å². The van der Waals surface area contributed by atoms with Crippen molar-refractivity contribution in [1.82, 2.24) is 0 Å². The van der Waals surface area contributed by atoms with Gasteiger partial charge in [0.1, 0.15) is 11.5 Å². The fourth-order valence-corrected chi connectivity index (χ4v) is 5.69. The van der Waals surface area contributed by atoms with Gasteiger partial charge in [-0.15, -0.1) is 0 Å². The van der Waals surface area contributed by atoms with Crippen LogP contribution in [0.4, 0.5) is 0 Å². The summed E-state index contributed by atoms with van der Waals surface area (Å²) in [5, 5.41) is 0. The molecule has 3 aliphatic rings. The summed E-state index contributed by atoms with van der Waals surface area (Å²) in [5.74, 6) is 3.73. The SMILES string of the molecule is C=C(/C=C\C1=C(C)C[C@@H](C)[C@H]2C3CCC(=O)[C@@]3(C)CC[C@H]12)OC. The monoisotopic (exact) mass is 314 g/mol. The van der Waals surface area contributed by atoms with Crippen LogP contribution in [0.15, 0.2) is 35.6 Å². The molecule has 2 nitrogen and oxygen atoms in total. The lowest BCUT2D eigenvalue weighted by Crippen LogP contribution is -2.46. The largest absolute Gasteiger partial charge is 0.497 e. The molecule has 0 bridgehead atoms. The van der Waals surface area contributed by atoms with Gasteiger partial charge >= 0.3 is 0 Å². The van der Waals surface area contributed by atoms with Gasteiger partial charge in [-0.3, -0.25) is 4.79 Å². The molecule has 3 rings (SSSR count). The fraction of sp³-hybridized carbons (Fsp3) is 0.667. The fourth-order valence-electron chi connectivity index (χ4n) is 5.69. The number of hydrogen-bond acceptors (Lipinski definition) is 2. The van der Waals surface area contributed by atoms with Crippen LogP contribution in [-0.2, 0) is 9.53 Å². The minimum absolute atomic E-state index is 0.0500. The minimum atomic E-state index is -0.0500. The van der Waals surface area contributed by atoms with Crippen molar-refractivity contribution in [2.24, 2.45) is 29.1 Å². The number of carbonyl (C=O) groups is 1. The van der Waals surface area contributed by atoms with Crippen LogP contribution < -0.4 is 0 Å². The zero-order valence-electron chi connectivity index (χ0n) is 15.0. The topological polar surface area (TPSA) is 26.3 Å². The zero-order valence-corrected chi connectivity index (χ0v) is 15.0. The van der Waals surface area contributed by atoms with Gasteiger partial charge in [0, 0.05) is 11.8 Å². The Morgan fingerprint density at radius 2 is 2.13 bits per heavy atom. The Hall–Kier alpha value is -1.31. The minimum Gasteiger partial charge on any atom is -0.497 e. The number of allylic oxidation sites excluding steroid dienone is 4. The molecule has 126 valence electrons. The van der Waals surface area contributed by atoms with Crippen LogP contribution in [0.5, 0.6) is 0 Å². The smallest absolute Gasteiger partial charge is 0.139 e. The third kappa shape index (κ3) is 2.60. The summed E-state index contributed by atoms with van der Waals surface area (Å²) in [7, 11) is 1.66. The van der Waals surface area contributed by atoms with Gasteiger partial charge in [-0.25, -0.2) is 0 Å². The van der Waals surface area contributed by atoms with Crippen molar-refractivity contribution < 1.29 is 9.53 Å². The molecule has 0 aromatic carbocycles. The molecule has 0 heterocycles. The lowest BCUT2D eigenvalue weighted by atomic mass is 9.53. The van der Waals surface area contributed by atoms with Gasteiger partial charge in [0.05, 0.1) is 7.11 Å². The van der Waals surface area contributed by atoms with Gasteiger partial charge in [-0.05, 0) is 67.9 Å². The summed E-state index contributed by atoms with van der Waals surface area (Å²) in [4.78, 5) is 12.5. The summed E-state index contributed by atoms with van der Waals surface area (Å²) in [6.45, 7) is 10.8. The number of hydrogen-bond donors (Lipinski definition) is 0. The maximum Gasteiger partial charge on any atom is 0.139 e. The van der Waals surface area contributed by atoms with E-state index in [1.165, 1.54) is 11.1 Å². The van der Waals surface area contributed by atoms with E-state index in [2.05, 4.69) is 33.4 Å². The predicted octanol–water partition coefficient (Wildman–Crippen LogP) is 5.07. The second-order valence-electron chi connectivity index (χ2n) is 8.13. The maximum atomic E-state index is 12.5. The number of methoxy groups -OCH3 is 1. The molecule has 5 atom stereocenters. The third-order valence-corrected chi connectivity index (χ3v) is 6.93. The van der Waals surface area contributed by atoms with E-state index in [1.54, 1.807) is 7.11 Å². The van der Waals surface area contributed by atoms with Gasteiger partial charge in [0.25, 0.3) is 0 Å². The van der Waals surface area contributed by atoms with Gasteiger partial charge in [-0.1, -0.05) is 32.1 Å². The highest BCUT2D eigenvalue weighted by Crippen LogP contribution is 2.60. The average molecular weight is 314 g/mol. The molecule has 2 fully saturated rings. The molecule has 2 saturated carbocycles. The molecule has 0 radical (unpaired) electrons. The van der Waals surface area contributed by atoms with Gasteiger partial charge in [0.2, 0.25) is 0 Å². The first-order chi connectivity index (χ1) is 10.9. The molecule has 0 aliphatic heterocycles. The Labute approximate surface area is 140 Å². The predicted molar refractivity (Wildman–Crippen MR) is 93.8 cm³/mol. The first-order valence-corrected chi connectivity index (χ1v) is 9.02. The number of rotatable bonds is 3. The molecule has 0 amide bonds. The van der Waals surface area contributed by atoms with Crippen LogP contribution in [0, 0.1) is 29.1 Å². The molecule has 2 heteroatoms. The highest BCUT2D eigenvalue weighted by atomic mass is 16.5. The summed E-state index contributed by atoms with van der Waals surface area (Å²) in [5.41, 5.74) is 2.94. The van der Waals surface area contributed by atoms with Crippen molar-refractivity contribution in [3.63, 3.8) is 0 Å². The van der Waals surface area contributed by atoms with Crippen molar-refractivity contribution in [3.05, 3.63) is 35.6 Å². The van der Waals surface area contributed by atoms with E-state index < -0.39 is 0 Å². The highest BCUT2D eigenvalue weighted by molar-refractivity contribution is 5.87. The van der Waals surface area contributed by atoms with Crippen LogP contribution >= 0.6 is 0 Å². The number of ether oxygens (including phenoxy) is 1. The van der Waals surface area contributed by atoms with Crippen molar-refractivity contribution in [2.45, 2.75) is 52.9 Å². The van der Waals surface area contributed by atoms with E-state index in [1.807, 2.05) is 6.08 Å². The van der Waals surface area contributed by atoms with E-state index >= 15 is 0 Å². The Balaban J connectivity index is 1.93.